The molecule has 0 fully saturated rings. The van der Waals surface area contributed by atoms with Gasteiger partial charge in [-0.25, -0.2) is 0 Å². The van der Waals surface area contributed by atoms with Gasteiger partial charge in [-0.15, -0.1) is 0 Å². The molecule has 1 aromatic carbocycles. The molecular formula is C15H14N2O. The zero-order chi connectivity index (χ0) is 13.0. The van der Waals surface area contributed by atoms with Gasteiger partial charge in [-0.2, -0.15) is 0 Å². The summed E-state index contributed by atoms with van der Waals surface area (Å²) in [4.78, 5) is 16.1. The number of amides is 1. The normalized spacial score (nSPS) is 9.83. The average Bonchev–Trinajstić information content (AvgIpc) is 2.40. The van der Waals surface area contributed by atoms with E-state index in [0.29, 0.717) is 5.56 Å². The molecule has 0 aliphatic heterocycles. The van der Waals surface area contributed by atoms with Crippen LogP contribution in [-0.2, 0) is 0 Å². The third kappa shape index (κ3) is 2.83. The molecule has 18 heavy (non-hydrogen) atoms. The predicted molar refractivity (Wildman–Crippen MR) is 73.3 cm³/mol. The van der Waals surface area contributed by atoms with E-state index >= 15 is 0 Å². The number of benzene rings is 1. The van der Waals surface area contributed by atoms with Gasteiger partial charge < -0.3 is 5.32 Å². The van der Waals surface area contributed by atoms with Crippen molar-refractivity contribution in [2.75, 3.05) is 5.32 Å². The van der Waals surface area contributed by atoms with Crippen LogP contribution in [-0.4, -0.2) is 10.9 Å². The fourth-order valence-corrected chi connectivity index (χ4v) is 1.53. The molecule has 0 saturated heterocycles. The van der Waals surface area contributed by atoms with Crippen molar-refractivity contribution in [3.05, 3.63) is 66.5 Å². The summed E-state index contributed by atoms with van der Waals surface area (Å²) in [5, 5.41) is 2.83. The van der Waals surface area contributed by atoms with Gasteiger partial charge in [0.15, 0.2) is 0 Å². The van der Waals surface area contributed by atoms with E-state index in [4.69, 9.17) is 0 Å². The maximum Gasteiger partial charge on any atom is 0.255 e. The Bertz CT molecular complexity index is 576. The number of rotatable bonds is 3. The minimum absolute atomic E-state index is 0.130. The highest BCUT2D eigenvalue weighted by Crippen LogP contribution is 2.14. The van der Waals surface area contributed by atoms with Crippen LogP contribution in [0, 0.1) is 0 Å². The molecule has 0 unspecified atom stereocenters. The molecule has 90 valence electrons. The summed E-state index contributed by atoms with van der Waals surface area (Å²) < 4.78 is 0. The van der Waals surface area contributed by atoms with E-state index in [1.54, 1.807) is 24.4 Å². The molecule has 0 bridgehead atoms. The van der Waals surface area contributed by atoms with E-state index in [1.807, 2.05) is 31.2 Å². The van der Waals surface area contributed by atoms with Crippen LogP contribution in [0.1, 0.15) is 23.0 Å². The maximum atomic E-state index is 11.9. The van der Waals surface area contributed by atoms with Crippen LogP contribution in [0.2, 0.25) is 0 Å². The van der Waals surface area contributed by atoms with Gasteiger partial charge in [0.1, 0.15) is 0 Å². The maximum absolute atomic E-state index is 11.9. The lowest BCUT2D eigenvalue weighted by Gasteiger charge is -2.06. The lowest BCUT2D eigenvalue weighted by molar-refractivity contribution is 0.102. The Kier molecular flexibility index (Phi) is 3.53. The molecule has 0 atom stereocenters. The summed E-state index contributed by atoms with van der Waals surface area (Å²) in [5.41, 5.74) is 3.00. The summed E-state index contributed by atoms with van der Waals surface area (Å²) >= 11 is 0. The Labute approximate surface area is 106 Å². The molecule has 3 heteroatoms. The van der Waals surface area contributed by atoms with Crippen molar-refractivity contribution in [1.82, 2.24) is 4.98 Å². The van der Waals surface area contributed by atoms with Gasteiger partial charge in [0.05, 0.1) is 5.69 Å². The molecule has 3 nitrogen and oxygen atoms in total. The van der Waals surface area contributed by atoms with Crippen molar-refractivity contribution in [1.29, 1.82) is 0 Å². The first-order valence-corrected chi connectivity index (χ1v) is 5.65. The third-order valence-corrected chi connectivity index (χ3v) is 2.49. The molecular weight excluding hydrogens is 224 g/mol. The van der Waals surface area contributed by atoms with Crippen molar-refractivity contribution in [2.24, 2.45) is 0 Å². The van der Waals surface area contributed by atoms with E-state index in [1.165, 1.54) is 0 Å². The van der Waals surface area contributed by atoms with E-state index in [2.05, 4.69) is 16.9 Å². The van der Waals surface area contributed by atoms with Gasteiger partial charge in [-0.05, 0) is 36.8 Å². The molecule has 1 heterocycles. The van der Waals surface area contributed by atoms with Crippen LogP contribution >= 0.6 is 0 Å². The number of allylic oxidation sites excluding steroid dienone is 1. The second-order valence-corrected chi connectivity index (χ2v) is 4.03. The van der Waals surface area contributed by atoms with Gasteiger partial charge in [-0.3, -0.25) is 9.78 Å². The quantitative estimate of drug-likeness (QED) is 0.890. The Hall–Kier alpha value is -2.42. The molecule has 1 N–H and O–H groups in total. The fourth-order valence-electron chi connectivity index (χ4n) is 1.53. The van der Waals surface area contributed by atoms with Crippen molar-refractivity contribution < 1.29 is 4.79 Å². The SMILES string of the molecule is C=C(C)c1cc(NC(=O)c2ccccc2)ccn1. The molecule has 0 spiro atoms. The summed E-state index contributed by atoms with van der Waals surface area (Å²) in [6.45, 7) is 5.71. The van der Waals surface area contributed by atoms with Crippen LogP contribution in [0.4, 0.5) is 5.69 Å². The third-order valence-electron chi connectivity index (χ3n) is 2.49. The topological polar surface area (TPSA) is 42.0 Å². The van der Waals surface area contributed by atoms with Crippen LogP contribution in [0.25, 0.3) is 5.57 Å². The van der Waals surface area contributed by atoms with Crippen molar-refractivity contribution in [3.63, 3.8) is 0 Å². The lowest BCUT2D eigenvalue weighted by atomic mass is 10.2. The zero-order valence-corrected chi connectivity index (χ0v) is 10.2. The number of anilines is 1. The van der Waals surface area contributed by atoms with Crippen LogP contribution < -0.4 is 5.32 Å². The van der Waals surface area contributed by atoms with Crippen molar-refractivity contribution in [2.45, 2.75) is 6.92 Å². The molecule has 1 aromatic heterocycles. The van der Waals surface area contributed by atoms with Crippen LogP contribution in [0.15, 0.2) is 55.2 Å². The van der Waals surface area contributed by atoms with Crippen molar-refractivity contribution in [3.8, 4) is 0 Å². The first-order chi connectivity index (χ1) is 8.66. The number of pyridine rings is 1. The first-order valence-electron chi connectivity index (χ1n) is 5.65. The average molecular weight is 238 g/mol. The molecule has 2 rings (SSSR count). The van der Waals surface area contributed by atoms with E-state index in [0.717, 1.165) is 17.0 Å². The van der Waals surface area contributed by atoms with Crippen molar-refractivity contribution >= 4 is 17.2 Å². The predicted octanol–water partition coefficient (Wildman–Crippen LogP) is 3.37. The van der Waals surface area contributed by atoms with Crippen LogP contribution in [0.3, 0.4) is 0 Å². The van der Waals surface area contributed by atoms with Gasteiger partial charge in [-0.1, -0.05) is 24.8 Å². The van der Waals surface area contributed by atoms with Gasteiger partial charge in [0.25, 0.3) is 5.91 Å². The van der Waals surface area contributed by atoms with E-state index < -0.39 is 0 Å². The van der Waals surface area contributed by atoms with Gasteiger partial charge >= 0.3 is 0 Å². The molecule has 0 radical (unpaired) electrons. The minimum Gasteiger partial charge on any atom is -0.322 e. The summed E-state index contributed by atoms with van der Waals surface area (Å²) in [6, 6.07) is 12.7. The van der Waals surface area contributed by atoms with E-state index in [-0.39, 0.29) is 5.91 Å². The zero-order valence-electron chi connectivity index (χ0n) is 10.2. The van der Waals surface area contributed by atoms with E-state index in [9.17, 15) is 4.79 Å². The Morgan fingerprint density at radius 1 is 1.22 bits per heavy atom. The summed E-state index contributed by atoms with van der Waals surface area (Å²) in [7, 11) is 0. The van der Waals surface area contributed by atoms with Gasteiger partial charge in [0, 0.05) is 17.4 Å². The molecule has 0 aliphatic carbocycles. The molecule has 2 aromatic rings. The number of aromatic nitrogens is 1. The molecule has 1 amide bonds. The second-order valence-electron chi connectivity index (χ2n) is 4.03. The Morgan fingerprint density at radius 2 is 1.94 bits per heavy atom. The number of nitrogens with one attached hydrogen (secondary N) is 1. The number of carbonyl (C=O) groups excluding carboxylic acids is 1. The minimum atomic E-state index is -0.130. The highest BCUT2D eigenvalue weighted by molar-refractivity contribution is 6.04. The largest absolute Gasteiger partial charge is 0.322 e. The number of hydrogen-bond donors (Lipinski definition) is 1. The lowest BCUT2D eigenvalue weighted by Crippen LogP contribution is -2.11. The van der Waals surface area contributed by atoms with Crippen LogP contribution in [0.5, 0.6) is 0 Å². The number of carbonyl (C=O) groups is 1. The smallest absolute Gasteiger partial charge is 0.255 e. The highest BCUT2D eigenvalue weighted by Gasteiger charge is 2.05. The summed E-state index contributed by atoms with van der Waals surface area (Å²) in [6.07, 6.45) is 1.66. The Balaban J connectivity index is 2.17. The first kappa shape index (κ1) is 12.0. The molecule has 0 aliphatic rings. The van der Waals surface area contributed by atoms with Gasteiger partial charge in [0.2, 0.25) is 0 Å². The fraction of sp³-hybridized carbons (Fsp3) is 0.0667. The Morgan fingerprint density at radius 3 is 2.61 bits per heavy atom. The monoisotopic (exact) mass is 238 g/mol. The highest BCUT2D eigenvalue weighted by atomic mass is 16.1. The standard InChI is InChI=1S/C15H14N2O/c1-11(2)14-10-13(8-9-16-14)17-15(18)12-6-4-3-5-7-12/h3-10H,1H2,2H3,(H,16,17,18). The molecule has 0 saturated carbocycles. The number of nitrogens with zero attached hydrogens (tertiary/aromatic N) is 1. The number of hydrogen-bond acceptors (Lipinski definition) is 2. The summed E-state index contributed by atoms with van der Waals surface area (Å²) in [5.74, 6) is -0.130. The second kappa shape index (κ2) is 5.27.